The van der Waals surface area contributed by atoms with Crippen molar-refractivity contribution in [2.24, 2.45) is 0 Å². The second-order valence-electron chi connectivity index (χ2n) is 6.73. The van der Waals surface area contributed by atoms with Crippen LogP contribution in [0.15, 0.2) is 42.6 Å². The third-order valence-electron chi connectivity index (χ3n) is 4.39. The summed E-state index contributed by atoms with van der Waals surface area (Å²) in [6.07, 6.45) is 1.65. The van der Waals surface area contributed by atoms with E-state index in [1.54, 1.807) is 18.3 Å². The summed E-state index contributed by atoms with van der Waals surface area (Å²) < 4.78 is 5.45. The SMILES string of the molecule is CN(C)CCNC(=O)c1ccnc(Nc2ccccc2N2CCOCC2)c1. The zero-order valence-corrected chi connectivity index (χ0v) is 15.9. The molecule has 7 nitrogen and oxygen atoms in total. The highest BCUT2D eigenvalue weighted by Gasteiger charge is 2.15. The molecule has 144 valence electrons. The minimum atomic E-state index is -0.0937. The van der Waals surface area contributed by atoms with Crippen molar-refractivity contribution < 1.29 is 9.53 Å². The van der Waals surface area contributed by atoms with Crippen LogP contribution in [0.2, 0.25) is 0 Å². The molecular formula is C20H27N5O2. The smallest absolute Gasteiger partial charge is 0.251 e. The lowest BCUT2D eigenvalue weighted by Gasteiger charge is -2.30. The Bertz CT molecular complexity index is 760. The molecule has 0 saturated carbocycles. The van der Waals surface area contributed by atoms with Gasteiger partial charge in [-0.3, -0.25) is 4.79 Å². The molecule has 1 aliphatic rings. The molecule has 0 atom stereocenters. The normalized spacial score (nSPS) is 14.3. The molecule has 0 radical (unpaired) electrons. The maximum Gasteiger partial charge on any atom is 0.251 e. The van der Waals surface area contributed by atoms with E-state index in [-0.39, 0.29) is 5.91 Å². The molecule has 3 rings (SSSR count). The lowest BCUT2D eigenvalue weighted by atomic mass is 10.2. The predicted molar refractivity (Wildman–Crippen MR) is 108 cm³/mol. The van der Waals surface area contributed by atoms with Gasteiger partial charge in [0.1, 0.15) is 5.82 Å². The number of aromatic nitrogens is 1. The molecular weight excluding hydrogens is 342 g/mol. The Hall–Kier alpha value is -2.64. The number of anilines is 3. The molecule has 1 aromatic carbocycles. The fraction of sp³-hybridized carbons (Fsp3) is 0.400. The Kier molecular flexibility index (Phi) is 6.62. The number of nitrogens with one attached hydrogen (secondary N) is 2. The van der Waals surface area contributed by atoms with Crippen molar-refractivity contribution >= 4 is 23.1 Å². The number of likely N-dealkylation sites (N-methyl/N-ethyl adjacent to an activating group) is 1. The molecule has 1 fully saturated rings. The molecule has 0 unspecified atom stereocenters. The molecule has 0 spiro atoms. The highest BCUT2D eigenvalue weighted by Crippen LogP contribution is 2.28. The van der Waals surface area contributed by atoms with Crippen LogP contribution in [0.1, 0.15) is 10.4 Å². The Morgan fingerprint density at radius 3 is 2.78 bits per heavy atom. The lowest BCUT2D eigenvalue weighted by Crippen LogP contribution is -2.36. The highest BCUT2D eigenvalue weighted by molar-refractivity contribution is 5.95. The Labute approximate surface area is 160 Å². The molecule has 1 aliphatic heterocycles. The minimum Gasteiger partial charge on any atom is -0.378 e. The number of carbonyl (C=O) groups is 1. The maximum absolute atomic E-state index is 12.3. The van der Waals surface area contributed by atoms with Gasteiger partial charge in [-0.05, 0) is 38.4 Å². The van der Waals surface area contributed by atoms with Gasteiger partial charge in [-0.25, -0.2) is 4.98 Å². The van der Waals surface area contributed by atoms with Crippen molar-refractivity contribution in [2.75, 3.05) is 63.7 Å². The molecule has 2 aromatic rings. The van der Waals surface area contributed by atoms with Crippen LogP contribution in [0.3, 0.4) is 0 Å². The van der Waals surface area contributed by atoms with E-state index in [0.29, 0.717) is 17.9 Å². The van der Waals surface area contributed by atoms with Crippen molar-refractivity contribution in [3.63, 3.8) is 0 Å². The second kappa shape index (κ2) is 9.34. The predicted octanol–water partition coefficient (Wildman–Crippen LogP) is 1.95. The molecule has 1 saturated heterocycles. The minimum absolute atomic E-state index is 0.0937. The van der Waals surface area contributed by atoms with E-state index in [2.05, 4.69) is 26.6 Å². The van der Waals surface area contributed by atoms with Crippen molar-refractivity contribution in [3.8, 4) is 0 Å². The first-order valence-electron chi connectivity index (χ1n) is 9.21. The number of hydrogen-bond acceptors (Lipinski definition) is 6. The zero-order chi connectivity index (χ0) is 19.1. The molecule has 2 heterocycles. The average molecular weight is 369 g/mol. The molecule has 2 N–H and O–H groups in total. The van der Waals surface area contributed by atoms with Crippen LogP contribution in [0.25, 0.3) is 0 Å². The van der Waals surface area contributed by atoms with Gasteiger partial charge in [-0.15, -0.1) is 0 Å². The number of rotatable bonds is 7. The van der Waals surface area contributed by atoms with Gasteiger partial charge in [0.2, 0.25) is 0 Å². The van der Waals surface area contributed by atoms with E-state index < -0.39 is 0 Å². The van der Waals surface area contributed by atoms with E-state index in [1.807, 2.05) is 37.2 Å². The van der Waals surface area contributed by atoms with Crippen LogP contribution in [0.5, 0.6) is 0 Å². The summed E-state index contributed by atoms with van der Waals surface area (Å²) in [6.45, 7) is 4.59. The van der Waals surface area contributed by atoms with Gasteiger partial charge >= 0.3 is 0 Å². The van der Waals surface area contributed by atoms with Crippen molar-refractivity contribution in [3.05, 3.63) is 48.2 Å². The summed E-state index contributed by atoms with van der Waals surface area (Å²) in [6, 6.07) is 11.6. The van der Waals surface area contributed by atoms with Crippen LogP contribution in [-0.2, 0) is 4.74 Å². The molecule has 0 bridgehead atoms. The first-order chi connectivity index (χ1) is 13.1. The monoisotopic (exact) mass is 369 g/mol. The number of ether oxygens (including phenoxy) is 1. The van der Waals surface area contributed by atoms with Gasteiger partial charge in [-0.2, -0.15) is 0 Å². The number of benzene rings is 1. The summed E-state index contributed by atoms with van der Waals surface area (Å²) in [5, 5.41) is 6.28. The van der Waals surface area contributed by atoms with Gasteiger partial charge in [-0.1, -0.05) is 12.1 Å². The number of para-hydroxylation sites is 2. The van der Waals surface area contributed by atoms with E-state index in [1.165, 1.54) is 0 Å². The number of amides is 1. The number of carbonyl (C=O) groups excluding carboxylic acids is 1. The number of nitrogens with zero attached hydrogens (tertiary/aromatic N) is 3. The second-order valence-corrected chi connectivity index (χ2v) is 6.73. The third-order valence-corrected chi connectivity index (χ3v) is 4.39. The Balaban J connectivity index is 1.70. The quantitative estimate of drug-likeness (QED) is 0.778. The maximum atomic E-state index is 12.3. The fourth-order valence-corrected chi connectivity index (χ4v) is 2.93. The summed E-state index contributed by atoms with van der Waals surface area (Å²) >= 11 is 0. The lowest BCUT2D eigenvalue weighted by molar-refractivity contribution is 0.0951. The summed E-state index contributed by atoms with van der Waals surface area (Å²) in [7, 11) is 3.96. The van der Waals surface area contributed by atoms with Crippen LogP contribution < -0.4 is 15.5 Å². The standard InChI is InChI=1S/C20H27N5O2/c1-24(2)10-9-22-20(26)16-7-8-21-19(15-16)23-17-5-3-4-6-18(17)25-11-13-27-14-12-25/h3-8,15H,9-14H2,1-2H3,(H,21,23)(H,22,26). The van der Waals surface area contributed by atoms with E-state index in [9.17, 15) is 4.79 Å². The number of morpholine rings is 1. The Morgan fingerprint density at radius 2 is 2.00 bits per heavy atom. The van der Waals surface area contributed by atoms with Gasteiger partial charge in [0, 0.05) is 37.9 Å². The van der Waals surface area contributed by atoms with Gasteiger partial charge < -0.3 is 25.2 Å². The third kappa shape index (κ3) is 5.42. The summed E-state index contributed by atoms with van der Waals surface area (Å²) in [5.74, 6) is 0.555. The van der Waals surface area contributed by atoms with Crippen LogP contribution in [0.4, 0.5) is 17.2 Å². The zero-order valence-electron chi connectivity index (χ0n) is 15.9. The van der Waals surface area contributed by atoms with E-state index in [4.69, 9.17) is 4.74 Å². The highest BCUT2D eigenvalue weighted by atomic mass is 16.5. The van der Waals surface area contributed by atoms with Gasteiger partial charge in [0.25, 0.3) is 5.91 Å². The van der Waals surface area contributed by atoms with Crippen LogP contribution in [0, 0.1) is 0 Å². The summed E-state index contributed by atoms with van der Waals surface area (Å²) in [4.78, 5) is 21.0. The number of pyridine rings is 1. The molecule has 1 amide bonds. The molecule has 1 aromatic heterocycles. The topological polar surface area (TPSA) is 69.7 Å². The van der Waals surface area contributed by atoms with Gasteiger partial charge in [0.05, 0.1) is 24.6 Å². The Morgan fingerprint density at radius 1 is 1.22 bits per heavy atom. The van der Waals surface area contributed by atoms with E-state index >= 15 is 0 Å². The van der Waals surface area contributed by atoms with Crippen LogP contribution >= 0.6 is 0 Å². The first kappa shape index (κ1) is 19.1. The van der Waals surface area contributed by atoms with Crippen molar-refractivity contribution in [2.45, 2.75) is 0 Å². The molecule has 7 heteroatoms. The first-order valence-corrected chi connectivity index (χ1v) is 9.21. The average Bonchev–Trinajstić information content (AvgIpc) is 2.69. The van der Waals surface area contributed by atoms with E-state index in [0.717, 1.165) is 44.2 Å². The van der Waals surface area contributed by atoms with Crippen molar-refractivity contribution in [1.82, 2.24) is 15.2 Å². The van der Waals surface area contributed by atoms with Gasteiger partial charge in [0.15, 0.2) is 0 Å². The fourth-order valence-electron chi connectivity index (χ4n) is 2.93. The molecule has 0 aliphatic carbocycles. The van der Waals surface area contributed by atoms with Crippen LogP contribution in [-0.4, -0.2) is 69.3 Å². The largest absolute Gasteiger partial charge is 0.378 e. The molecule has 27 heavy (non-hydrogen) atoms. The van der Waals surface area contributed by atoms with Crippen molar-refractivity contribution in [1.29, 1.82) is 0 Å². The summed E-state index contributed by atoms with van der Waals surface area (Å²) in [5.41, 5.74) is 2.68. The number of hydrogen-bond donors (Lipinski definition) is 2.